The lowest BCUT2D eigenvalue weighted by Crippen LogP contribution is -3.00. The molecule has 6 heteroatoms. The van der Waals surface area contributed by atoms with E-state index in [1.165, 1.54) is 26.5 Å². The Morgan fingerprint density at radius 2 is 1.62 bits per heavy atom. The molecule has 0 saturated carbocycles. The highest BCUT2D eigenvalue weighted by Crippen LogP contribution is 2.08. The van der Waals surface area contributed by atoms with Gasteiger partial charge in [0.2, 0.25) is 0 Å². The van der Waals surface area contributed by atoms with E-state index in [9.17, 15) is 9.59 Å². The van der Waals surface area contributed by atoms with E-state index >= 15 is 0 Å². The molecule has 0 spiro atoms. The summed E-state index contributed by atoms with van der Waals surface area (Å²) in [5.74, 6) is -1.12. The van der Waals surface area contributed by atoms with E-state index in [2.05, 4.69) is 9.47 Å². The van der Waals surface area contributed by atoms with Crippen molar-refractivity contribution in [1.29, 1.82) is 0 Å². The fraction of sp³-hybridized carbons (Fsp3) is 0.300. The van der Waals surface area contributed by atoms with Crippen molar-refractivity contribution in [2.75, 3.05) is 14.2 Å². The summed E-state index contributed by atoms with van der Waals surface area (Å²) in [6.45, 7) is 0. The summed E-state index contributed by atoms with van der Waals surface area (Å²) < 4.78 is 10.8. The molecule has 0 unspecified atom stereocenters. The van der Waals surface area contributed by atoms with Gasteiger partial charge in [0.05, 0.1) is 19.8 Å². The number of nitrogens with zero attached hydrogens (tertiary/aromatic N) is 1. The predicted molar refractivity (Wildman–Crippen MR) is 50.3 cm³/mol. The molecule has 1 rings (SSSR count). The molecule has 0 aliphatic carbocycles. The molecule has 5 nitrogen and oxygen atoms in total. The third-order valence-corrected chi connectivity index (χ3v) is 1.91. The minimum Gasteiger partial charge on any atom is -1.00 e. The minimum atomic E-state index is -0.563. The fourth-order valence-corrected chi connectivity index (χ4v) is 1.16. The number of methoxy groups -OCH3 is 2. The van der Waals surface area contributed by atoms with Gasteiger partial charge in [0.25, 0.3) is 0 Å². The van der Waals surface area contributed by atoms with E-state index < -0.39 is 11.9 Å². The van der Waals surface area contributed by atoms with Crippen molar-refractivity contribution in [3.63, 3.8) is 0 Å². The lowest BCUT2D eigenvalue weighted by molar-refractivity contribution is -0.671. The first kappa shape index (κ1) is 14.8. The molecular formula is C10H12INO4. The number of aryl methyl sites for hydroxylation is 1. The smallest absolute Gasteiger partial charge is 0.344 e. The Labute approximate surface area is 110 Å². The number of hydrogen-bond acceptors (Lipinski definition) is 4. The Kier molecular flexibility index (Phi) is 5.94. The molecule has 0 fully saturated rings. The quantitative estimate of drug-likeness (QED) is 0.330. The average molecular weight is 337 g/mol. The van der Waals surface area contributed by atoms with Gasteiger partial charge in [-0.1, -0.05) is 0 Å². The molecule has 0 amide bonds. The second kappa shape index (κ2) is 6.41. The van der Waals surface area contributed by atoms with Crippen molar-refractivity contribution >= 4 is 11.9 Å². The Bertz CT molecular complexity index is 406. The lowest BCUT2D eigenvalue weighted by atomic mass is 10.1. The van der Waals surface area contributed by atoms with Crippen LogP contribution in [-0.4, -0.2) is 26.2 Å². The summed E-state index contributed by atoms with van der Waals surface area (Å²) in [4.78, 5) is 22.7. The van der Waals surface area contributed by atoms with Crippen molar-refractivity contribution in [3.05, 3.63) is 29.6 Å². The maximum absolute atomic E-state index is 11.4. The Hall–Kier alpha value is -1.18. The van der Waals surface area contributed by atoms with Crippen LogP contribution in [-0.2, 0) is 16.5 Å². The van der Waals surface area contributed by atoms with Gasteiger partial charge in [-0.05, 0) is 0 Å². The number of ether oxygens (including phenoxy) is 2. The molecule has 16 heavy (non-hydrogen) atoms. The van der Waals surface area contributed by atoms with Crippen LogP contribution < -0.4 is 28.5 Å². The molecule has 0 saturated heterocycles. The maximum atomic E-state index is 11.4. The predicted octanol–water partition coefficient (Wildman–Crippen LogP) is -2.91. The van der Waals surface area contributed by atoms with E-state index in [-0.39, 0.29) is 35.1 Å². The van der Waals surface area contributed by atoms with Gasteiger partial charge in [0, 0.05) is 6.07 Å². The largest absolute Gasteiger partial charge is 1.00 e. The van der Waals surface area contributed by atoms with Crippen LogP contribution in [0.25, 0.3) is 0 Å². The van der Waals surface area contributed by atoms with E-state index in [0.29, 0.717) is 0 Å². The first-order valence-electron chi connectivity index (χ1n) is 4.26. The van der Waals surface area contributed by atoms with Crippen LogP contribution in [0.3, 0.4) is 0 Å². The molecule has 1 aromatic heterocycles. The number of rotatable bonds is 2. The van der Waals surface area contributed by atoms with E-state index in [1.54, 1.807) is 17.8 Å². The summed E-state index contributed by atoms with van der Waals surface area (Å²) in [6.07, 6.45) is 3.16. The zero-order valence-electron chi connectivity index (χ0n) is 9.19. The van der Waals surface area contributed by atoms with E-state index in [1.807, 2.05) is 0 Å². The van der Waals surface area contributed by atoms with Gasteiger partial charge in [-0.3, -0.25) is 0 Å². The van der Waals surface area contributed by atoms with Gasteiger partial charge < -0.3 is 33.5 Å². The highest BCUT2D eigenvalue weighted by Gasteiger charge is 2.21. The van der Waals surface area contributed by atoms with Crippen LogP contribution in [0, 0.1) is 0 Å². The van der Waals surface area contributed by atoms with Crippen LogP contribution in [0.1, 0.15) is 20.7 Å². The first-order chi connectivity index (χ1) is 7.10. The summed E-state index contributed by atoms with van der Waals surface area (Å²) in [5.41, 5.74) is 0.386. The van der Waals surface area contributed by atoms with Crippen molar-refractivity contribution in [2.45, 2.75) is 0 Å². The van der Waals surface area contributed by atoms with Crippen LogP contribution in [0.2, 0.25) is 0 Å². The monoisotopic (exact) mass is 337 g/mol. The number of hydrogen-bond donors (Lipinski definition) is 0. The van der Waals surface area contributed by atoms with Gasteiger partial charge >= 0.3 is 11.9 Å². The zero-order valence-corrected chi connectivity index (χ0v) is 11.3. The Morgan fingerprint density at radius 1 is 1.12 bits per heavy atom. The number of pyridine rings is 1. The van der Waals surface area contributed by atoms with Gasteiger partial charge in [-0.2, -0.15) is 0 Å². The summed E-state index contributed by atoms with van der Waals surface area (Å²) in [5, 5.41) is 0. The highest BCUT2D eigenvalue weighted by atomic mass is 127. The molecule has 0 bridgehead atoms. The molecular weight excluding hydrogens is 325 g/mol. The van der Waals surface area contributed by atoms with Crippen LogP contribution in [0.15, 0.2) is 18.5 Å². The standard InChI is InChI=1S/C10H12NO4.HI/c1-11-5-4-7(9(12)14-2)8(6-11)10(13)15-3;/h4-6H,1-3H3;1H/q+1;/p-1. The maximum Gasteiger partial charge on any atom is 0.344 e. The Morgan fingerprint density at radius 3 is 2.12 bits per heavy atom. The number of carbonyl (C=O) groups is 2. The topological polar surface area (TPSA) is 56.5 Å². The van der Waals surface area contributed by atoms with Crippen molar-refractivity contribution in [2.24, 2.45) is 7.05 Å². The van der Waals surface area contributed by atoms with Crippen molar-refractivity contribution in [1.82, 2.24) is 0 Å². The molecule has 0 aromatic carbocycles. The minimum absolute atomic E-state index is 0. The van der Waals surface area contributed by atoms with Gasteiger partial charge in [-0.25, -0.2) is 14.2 Å². The van der Waals surface area contributed by atoms with Gasteiger partial charge in [0.1, 0.15) is 12.6 Å². The Balaban J connectivity index is 0.00000225. The van der Waals surface area contributed by atoms with Crippen LogP contribution >= 0.6 is 0 Å². The second-order valence-corrected chi connectivity index (χ2v) is 2.92. The van der Waals surface area contributed by atoms with Gasteiger partial charge in [0.15, 0.2) is 12.4 Å². The second-order valence-electron chi connectivity index (χ2n) is 2.92. The third kappa shape index (κ3) is 3.16. The number of esters is 2. The zero-order chi connectivity index (χ0) is 11.4. The molecule has 88 valence electrons. The highest BCUT2D eigenvalue weighted by molar-refractivity contribution is 6.02. The lowest BCUT2D eigenvalue weighted by Gasteiger charge is -2.03. The van der Waals surface area contributed by atoms with Gasteiger partial charge in [-0.15, -0.1) is 0 Å². The fourth-order valence-electron chi connectivity index (χ4n) is 1.16. The molecule has 0 aliphatic rings. The normalized spacial score (nSPS) is 8.94. The molecule has 1 aromatic rings. The number of halogens is 1. The molecule has 1 heterocycles. The van der Waals surface area contributed by atoms with E-state index in [0.717, 1.165) is 0 Å². The first-order valence-corrected chi connectivity index (χ1v) is 4.26. The summed E-state index contributed by atoms with van der Waals surface area (Å²) >= 11 is 0. The third-order valence-electron chi connectivity index (χ3n) is 1.91. The average Bonchev–Trinajstić information content (AvgIpc) is 2.26. The molecule has 0 aliphatic heterocycles. The van der Waals surface area contributed by atoms with Crippen LogP contribution in [0.4, 0.5) is 0 Å². The molecule has 0 radical (unpaired) electrons. The number of carbonyl (C=O) groups excluding carboxylic acids is 2. The number of aromatic nitrogens is 1. The molecule has 0 N–H and O–H groups in total. The summed E-state index contributed by atoms with van der Waals surface area (Å²) in [7, 11) is 4.26. The SMILES string of the molecule is COC(=O)c1cc[n+](C)cc1C(=O)OC.[I-]. The van der Waals surface area contributed by atoms with Crippen molar-refractivity contribution < 1.29 is 47.6 Å². The molecule has 0 atom stereocenters. The summed E-state index contributed by atoms with van der Waals surface area (Å²) in [6, 6.07) is 1.51. The van der Waals surface area contributed by atoms with Crippen molar-refractivity contribution in [3.8, 4) is 0 Å². The van der Waals surface area contributed by atoms with E-state index in [4.69, 9.17) is 0 Å². The van der Waals surface area contributed by atoms with Crippen LogP contribution in [0.5, 0.6) is 0 Å².